The fourth-order valence-corrected chi connectivity index (χ4v) is 2.87. The summed E-state index contributed by atoms with van der Waals surface area (Å²) in [5, 5.41) is 2.02. The van der Waals surface area contributed by atoms with Gasteiger partial charge in [0.15, 0.2) is 0 Å². The summed E-state index contributed by atoms with van der Waals surface area (Å²) in [7, 11) is 0. The van der Waals surface area contributed by atoms with Gasteiger partial charge in [0, 0.05) is 12.1 Å². The maximum absolute atomic E-state index is 12.3. The van der Waals surface area contributed by atoms with Gasteiger partial charge in [0.1, 0.15) is 0 Å². The number of halogens is 1. The van der Waals surface area contributed by atoms with Crippen molar-refractivity contribution < 1.29 is 0 Å². The van der Waals surface area contributed by atoms with E-state index in [0.717, 1.165) is 17.1 Å². The highest BCUT2D eigenvalue weighted by molar-refractivity contribution is 7.13. The molecule has 0 atom stereocenters. The lowest BCUT2D eigenvalue weighted by Crippen LogP contribution is -2.26. The van der Waals surface area contributed by atoms with E-state index in [9.17, 15) is 4.79 Å². The molecule has 0 N–H and O–H groups in total. The van der Waals surface area contributed by atoms with Crippen molar-refractivity contribution in [1.29, 1.82) is 0 Å². The molecule has 0 fully saturated rings. The zero-order valence-corrected chi connectivity index (χ0v) is 12.1. The summed E-state index contributed by atoms with van der Waals surface area (Å²) in [4.78, 5) is 13.5. The largest absolute Gasteiger partial charge is 0.307 e. The van der Waals surface area contributed by atoms with E-state index in [0.29, 0.717) is 11.5 Å². The van der Waals surface area contributed by atoms with Gasteiger partial charge in [-0.05, 0) is 23.4 Å². The van der Waals surface area contributed by atoms with Gasteiger partial charge in [-0.1, -0.05) is 26.0 Å². The monoisotopic (exact) mass is 281 g/mol. The normalized spacial score (nSPS) is 11.1. The van der Waals surface area contributed by atoms with Gasteiger partial charge in [0.25, 0.3) is 5.56 Å². The number of hydrogen-bond donors (Lipinski definition) is 0. The minimum absolute atomic E-state index is 0.0320. The van der Waals surface area contributed by atoms with Crippen molar-refractivity contribution >= 4 is 22.9 Å². The molecule has 4 heteroatoms. The Bertz CT molecular complexity index is 572. The molecule has 96 valence electrons. The zero-order chi connectivity index (χ0) is 13.1. The SMILES string of the molecule is CC(C)Cn1c(-c2cccs2)ccc(CCl)c1=O. The smallest absolute Gasteiger partial charge is 0.255 e. The van der Waals surface area contributed by atoms with Crippen LogP contribution in [0, 0.1) is 5.92 Å². The van der Waals surface area contributed by atoms with Crippen molar-refractivity contribution in [3.05, 3.63) is 45.6 Å². The minimum Gasteiger partial charge on any atom is -0.307 e. The molecule has 0 unspecified atom stereocenters. The van der Waals surface area contributed by atoms with Gasteiger partial charge < -0.3 is 4.57 Å². The first-order chi connectivity index (χ1) is 8.63. The van der Waals surface area contributed by atoms with Crippen molar-refractivity contribution in [2.45, 2.75) is 26.3 Å². The molecule has 2 aromatic heterocycles. The van der Waals surface area contributed by atoms with Gasteiger partial charge in [-0.25, -0.2) is 0 Å². The van der Waals surface area contributed by atoms with Crippen LogP contribution in [0.3, 0.4) is 0 Å². The first-order valence-electron chi connectivity index (χ1n) is 5.96. The molecular formula is C14H16ClNOS. The molecule has 18 heavy (non-hydrogen) atoms. The van der Waals surface area contributed by atoms with Gasteiger partial charge in [0.2, 0.25) is 0 Å². The molecule has 0 bridgehead atoms. The Morgan fingerprint density at radius 1 is 1.33 bits per heavy atom. The summed E-state index contributed by atoms with van der Waals surface area (Å²) in [5.74, 6) is 0.689. The van der Waals surface area contributed by atoms with Crippen molar-refractivity contribution in [2.75, 3.05) is 0 Å². The van der Waals surface area contributed by atoms with Crippen LogP contribution in [-0.2, 0) is 12.4 Å². The highest BCUT2D eigenvalue weighted by atomic mass is 35.5. The number of alkyl halides is 1. The number of aromatic nitrogens is 1. The molecular weight excluding hydrogens is 266 g/mol. The Labute approximate surface area is 116 Å². The fraction of sp³-hybridized carbons (Fsp3) is 0.357. The lowest BCUT2D eigenvalue weighted by atomic mass is 10.1. The second kappa shape index (κ2) is 5.72. The third-order valence-electron chi connectivity index (χ3n) is 2.72. The van der Waals surface area contributed by atoms with Crippen LogP contribution < -0.4 is 5.56 Å². The Morgan fingerprint density at radius 2 is 2.11 bits per heavy atom. The van der Waals surface area contributed by atoms with Crippen LogP contribution in [0.1, 0.15) is 19.4 Å². The van der Waals surface area contributed by atoms with E-state index < -0.39 is 0 Å². The summed E-state index contributed by atoms with van der Waals surface area (Å²) >= 11 is 7.45. The fourth-order valence-electron chi connectivity index (χ4n) is 1.91. The second-order valence-electron chi connectivity index (χ2n) is 4.66. The zero-order valence-electron chi connectivity index (χ0n) is 10.5. The molecule has 2 aromatic rings. The molecule has 0 saturated heterocycles. The Kier molecular flexibility index (Phi) is 4.25. The third kappa shape index (κ3) is 2.68. The summed E-state index contributed by atoms with van der Waals surface area (Å²) in [6, 6.07) is 7.87. The van der Waals surface area contributed by atoms with E-state index >= 15 is 0 Å². The van der Waals surface area contributed by atoms with Crippen molar-refractivity contribution in [3.63, 3.8) is 0 Å². The highest BCUT2D eigenvalue weighted by Gasteiger charge is 2.11. The number of rotatable bonds is 4. The lowest BCUT2D eigenvalue weighted by molar-refractivity contribution is 0.514. The first kappa shape index (κ1) is 13.4. The topological polar surface area (TPSA) is 22.0 Å². The quantitative estimate of drug-likeness (QED) is 0.777. The predicted octanol–water partition coefficient (Wildman–Crippen LogP) is 3.97. The molecule has 0 aliphatic rings. The number of nitrogens with zero attached hydrogens (tertiary/aromatic N) is 1. The molecule has 2 nitrogen and oxygen atoms in total. The summed E-state index contributed by atoms with van der Waals surface area (Å²) in [6.07, 6.45) is 0. The third-order valence-corrected chi connectivity index (χ3v) is 3.90. The summed E-state index contributed by atoms with van der Waals surface area (Å²) in [5.41, 5.74) is 1.68. The van der Waals surface area contributed by atoms with Crippen molar-refractivity contribution in [1.82, 2.24) is 4.57 Å². The van der Waals surface area contributed by atoms with E-state index in [1.807, 2.05) is 34.2 Å². The number of pyridine rings is 1. The van der Waals surface area contributed by atoms with Crippen LogP contribution in [0.25, 0.3) is 10.6 Å². The van der Waals surface area contributed by atoms with Crippen LogP contribution in [0.4, 0.5) is 0 Å². The van der Waals surface area contributed by atoms with Gasteiger partial charge >= 0.3 is 0 Å². The van der Waals surface area contributed by atoms with Crippen LogP contribution in [0.5, 0.6) is 0 Å². The van der Waals surface area contributed by atoms with E-state index in [4.69, 9.17) is 11.6 Å². The van der Waals surface area contributed by atoms with Crippen LogP contribution >= 0.6 is 22.9 Å². The first-order valence-corrected chi connectivity index (χ1v) is 7.37. The number of hydrogen-bond acceptors (Lipinski definition) is 2. The Hall–Kier alpha value is -1.06. The molecule has 0 amide bonds. The van der Waals surface area contributed by atoms with E-state index in [1.165, 1.54) is 0 Å². The molecule has 2 heterocycles. The highest BCUT2D eigenvalue weighted by Crippen LogP contribution is 2.24. The van der Waals surface area contributed by atoms with Crippen LogP contribution in [0.2, 0.25) is 0 Å². The van der Waals surface area contributed by atoms with Crippen molar-refractivity contribution in [2.24, 2.45) is 5.92 Å². The molecule has 0 aromatic carbocycles. The van der Waals surface area contributed by atoms with Crippen LogP contribution in [0.15, 0.2) is 34.4 Å². The lowest BCUT2D eigenvalue weighted by Gasteiger charge is -2.15. The standard InChI is InChI=1S/C14H16ClNOS/c1-10(2)9-16-12(13-4-3-7-18-13)6-5-11(8-15)14(16)17/h3-7,10H,8-9H2,1-2H3. The van der Waals surface area contributed by atoms with Crippen molar-refractivity contribution in [3.8, 4) is 10.6 Å². The molecule has 0 saturated carbocycles. The van der Waals surface area contributed by atoms with Gasteiger partial charge in [0.05, 0.1) is 16.5 Å². The average molecular weight is 282 g/mol. The molecule has 2 rings (SSSR count). The van der Waals surface area contributed by atoms with E-state index in [2.05, 4.69) is 13.8 Å². The van der Waals surface area contributed by atoms with E-state index in [-0.39, 0.29) is 11.4 Å². The molecule has 0 aliphatic carbocycles. The minimum atomic E-state index is 0.0320. The second-order valence-corrected chi connectivity index (χ2v) is 5.88. The van der Waals surface area contributed by atoms with Crippen LogP contribution in [-0.4, -0.2) is 4.57 Å². The Morgan fingerprint density at radius 3 is 2.67 bits per heavy atom. The van der Waals surface area contributed by atoms with Gasteiger partial charge in [-0.2, -0.15) is 0 Å². The molecule has 0 radical (unpaired) electrons. The Balaban J connectivity index is 2.59. The number of thiophene rings is 1. The van der Waals surface area contributed by atoms with E-state index in [1.54, 1.807) is 11.3 Å². The maximum atomic E-state index is 12.3. The summed E-state index contributed by atoms with van der Waals surface area (Å²) in [6.45, 7) is 4.94. The van der Waals surface area contributed by atoms with Gasteiger partial charge in [-0.3, -0.25) is 4.79 Å². The maximum Gasteiger partial charge on any atom is 0.255 e. The predicted molar refractivity (Wildman–Crippen MR) is 78.4 cm³/mol. The van der Waals surface area contributed by atoms with Gasteiger partial charge in [-0.15, -0.1) is 22.9 Å². The summed E-state index contributed by atoms with van der Waals surface area (Å²) < 4.78 is 1.84. The molecule has 0 spiro atoms. The molecule has 0 aliphatic heterocycles. The average Bonchev–Trinajstić information content (AvgIpc) is 2.84.